The maximum absolute atomic E-state index is 13.7. The standard InChI is InChI=1S/C47H42Br2IN5O3/c48-41-29-32(30-42(49)46(41)56)28-40-39-31-34(50)19-24-43(39)55(47(40)57)26-12-5-3-1-2-4-6-13-27-58-44-25-18-33-14-10-11-17-38(33)45(44)54-53-37-22-20-36(21-23-37)52-51-35-15-8-7-9-16-35/h7-11,14-25,28-31,56H,1-6,12-13,26-27H2/b40-28?,52-51+,54-53+. The first-order valence-electron chi connectivity index (χ1n) is 19.5. The minimum Gasteiger partial charge on any atom is -0.506 e. The molecule has 294 valence electrons. The van der Waals surface area contributed by atoms with Crippen molar-refractivity contribution in [1.82, 2.24) is 0 Å². The van der Waals surface area contributed by atoms with Crippen molar-refractivity contribution < 1.29 is 14.6 Å². The number of fused-ring (bicyclic) bond motifs is 2. The normalized spacial score (nSPS) is 13.4. The molecule has 7 rings (SSSR count). The summed E-state index contributed by atoms with van der Waals surface area (Å²) in [5.74, 6) is 0.890. The van der Waals surface area contributed by atoms with Crippen molar-refractivity contribution in [2.75, 3.05) is 18.1 Å². The Balaban J connectivity index is 0.846. The lowest BCUT2D eigenvalue weighted by Crippen LogP contribution is -2.27. The number of benzene rings is 6. The van der Waals surface area contributed by atoms with E-state index >= 15 is 0 Å². The van der Waals surface area contributed by atoms with Crippen LogP contribution in [0.15, 0.2) is 151 Å². The molecule has 0 saturated carbocycles. The number of anilines is 1. The van der Waals surface area contributed by atoms with Crippen LogP contribution in [-0.4, -0.2) is 24.2 Å². The Morgan fingerprint density at radius 3 is 1.97 bits per heavy atom. The number of azo groups is 2. The number of carbonyl (C=O) groups is 1. The van der Waals surface area contributed by atoms with E-state index in [2.05, 4.69) is 111 Å². The van der Waals surface area contributed by atoms with Crippen molar-refractivity contribution >= 4 is 111 Å². The summed E-state index contributed by atoms with van der Waals surface area (Å²) in [6.07, 6.45) is 10.6. The van der Waals surface area contributed by atoms with Gasteiger partial charge in [0.2, 0.25) is 0 Å². The van der Waals surface area contributed by atoms with E-state index in [1.807, 2.05) is 95.9 Å². The fourth-order valence-corrected chi connectivity index (χ4v) is 8.61. The van der Waals surface area contributed by atoms with E-state index in [1.165, 1.54) is 12.8 Å². The lowest BCUT2D eigenvalue weighted by atomic mass is 10.0. The van der Waals surface area contributed by atoms with Gasteiger partial charge in [-0.25, -0.2) is 0 Å². The number of halogens is 3. The molecule has 11 heteroatoms. The average Bonchev–Trinajstić information content (AvgIpc) is 3.49. The first-order valence-corrected chi connectivity index (χ1v) is 22.2. The maximum atomic E-state index is 13.7. The van der Waals surface area contributed by atoms with Gasteiger partial charge in [0.25, 0.3) is 5.91 Å². The number of unbranched alkanes of at least 4 members (excludes halogenated alkanes) is 7. The summed E-state index contributed by atoms with van der Waals surface area (Å²) >= 11 is 9.11. The van der Waals surface area contributed by atoms with E-state index in [0.29, 0.717) is 27.7 Å². The van der Waals surface area contributed by atoms with Gasteiger partial charge in [0.1, 0.15) is 17.2 Å². The predicted molar refractivity (Wildman–Crippen MR) is 251 cm³/mol. The quantitative estimate of drug-likeness (QED) is 0.0426. The molecule has 0 aliphatic carbocycles. The molecule has 0 bridgehead atoms. The number of amides is 1. The van der Waals surface area contributed by atoms with Gasteiger partial charge in [-0.05, 0) is 157 Å². The third-order valence-electron chi connectivity index (χ3n) is 9.91. The Morgan fingerprint density at radius 2 is 1.26 bits per heavy atom. The zero-order chi connectivity index (χ0) is 40.3. The average molecular weight is 1010 g/mol. The van der Waals surface area contributed by atoms with E-state index in [-0.39, 0.29) is 11.7 Å². The molecule has 0 spiro atoms. The molecule has 1 heterocycles. The van der Waals surface area contributed by atoms with Gasteiger partial charge in [-0.3, -0.25) is 4.79 Å². The number of phenolic OH excluding ortho intramolecular Hbond substituents is 1. The van der Waals surface area contributed by atoms with Crippen LogP contribution in [0.3, 0.4) is 0 Å². The molecule has 0 aromatic heterocycles. The Kier molecular flexibility index (Phi) is 14.5. The Hall–Kier alpha value is -4.72. The van der Waals surface area contributed by atoms with E-state index in [9.17, 15) is 9.90 Å². The van der Waals surface area contributed by atoms with Gasteiger partial charge in [-0.2, -0.15) is 15.3 Å². The van der Waals surface area contributed by atoms with Crippen LogP contribution in [0.2, 0.25) is 0 Å². The highest BCUT2D eigenvalue weighted by atomic mass is 127. The van der Waals surface area contributed by atoms with Crippen LogP contribution in [0, 0.1) is 3.57 Å². The molecule has 58 heavy (non-hydrogen) atoms. The lowest BCUT2D eigenvalue weighted by Gasteiger charge is -2.17. The van der Waals surface area contributed by atoms with Crippen LogP contribution in [0.1, 0.15) is 62.5 Å². The largest absolute Gasteiger partial charge is 0.506 e. The molecule has 8 nitrogen and oxygen atoms in total. The van der Waals surface area contributed by atoms with Crippen LogP contribution >= 0.6 is 54.5 Å². The number of ether oxygens (including phenoxy) is 1. The van der Waals surface area contributed by atoms with Gasteiger partial charge in [-0.1, -0.05) is 87.1 Å². The van der Waals surface area contributed by atoms with Gasteiger partial charge in [-0.15, -0.1) is 5.11 Å². The number of hydrogen-bond acceptors (Lipinski definition) is 7. The Labute approximate surface area is 369 Å². The topological polar surface area (TPSA) is 99.2 Å². The zero-order valence-electron chi connectivity index (χ0n) is 31.8. The molecular formula is C47H42Br2IN5O3. The Morgan fingerprint density at radius 1 is 0.655 bits per heavy atom. The van der Waals surface area contributed by atoms with Crippen molar-refractivity contribution in [3.63, 3.8) is 0 Å². The van der Waals surface area contributed by atoms with Gasteiger partial charge >= 0.3 is 0 Å². The molecule has 1 aliphatic heterocycles. The Bertz CT molecular complexity index is 2450. The number of aromatic hydroxyl groups is 1. The number of phenols is 1. The van der Waals surface area contributed by atoms with E-state index < -0.39 is 0 Å². The summed E-state index contributed by atoms with van der Waals surface area (Å²) in [7, 11) is 0. The minimum absolute atomic E-state index is 0.0204. The molecule has 1 N–H and O–H groups in total. The third-order valence-corrected chi connectivity index (χ3v) is 11.8. The first kappa shape index (κ1) is 41.4. The van der Waals surface area contributed by atoms with Crippen LogP contribution in [0.5, 0.6) is 11.5 Å². The fourth-order valence-electron chi connectivity index (χ4n) is 6.90. The third kappa shape index (κ3) is 10.7. The summed E-state index contributed by atoms with van der Waals surface area (Å²) in [6.45, 7) is 1.30. The molecule has 0 unspecified atom stereocenters. The highest BCUT2D eigenvalue weighted by Gasteiger charge is 2.32. The summed E-state index contributed by atoms with van der Waals surface area (Å²) in [4.78, 5) is 15.6. The van der Waals surface area contributed by atoms with Crippen LogP contribution < -0.4 is 9.64 Å². The van der Waals surface area contributed by atoms with Crippen molar-refractivity contribution in [3.8, 4) is 11.5 Å². The molecule has 6 aromatic rings. The smallest absolute Gasteiger partial charge is 0.258 e. The van der Waals surface area contributed by atoms with Crippen molar-refractivity contribution in [1.29, 1.82) is 0 Å². The number of nitrogens with zero attached hydrogens (tertiary/aromatic N) is 5. The summed E-state index contributed by atoms with van der Waals surface area (Å²) in [5, 5.41) is 30.1. The van der Waals surface area contributed by atoms with E-state index in [1.54, 1.807) is 0 Å². The van der Waals surface area contributed by atoms with Gasteiger partial charge < -0.3 is 14.7 Å². The molecule has 0 fully saturated rings. The van der Waals surface area contributed by atoms with Gasteiger partial charge in [0, 0.05) is 26.6 Å². The van der Waals surface area contributed by atoms with E-state index in [0.717, 1.165) is 98.2 Å². The monoisotopic (exact) mass is 1010 g/mol. The van der Waals surface area contributed by atoms with Crippen LogP contribution in [0.25, 0.3) is 22.4 Å². The number of carbonyl (C=O) groups excluding carboxylic acids is 1. The second kappa shape index (κ2) is 20.3. The number of rotatable bonds is 17. The molecule has 6 aromatic carbocycles. The van der Waals surface area contributed by atoms with Gasteiger partial charge in [0.05, 0.1) is 38.3 Å². The molecule has 1 aliphatic rings. The molecule has 0 atom stereocenters. The molecule has 0 saturated heterocycles. The second-order valence-electron chi connectivity index (χ2n) is 14.1. The highest BCUT2D eigenvalue weighted by Crippen LogP contribution is 2.41. The van der Waals surface area contributed by atoms with Crippen molar-refractivity contribution in [3.05, 3.63) is 145 Å². The molecule has 1 amide bonds. The highest BCUT2D eigenvalue weighted by molar-refractivity contribution is 14.1. The summed E-state index contributed by atoms with van der Waals surface area (Å²) < 4.78 is 8.53. The van der Waals surface area contributed by atoms with Crippen molar-refractivity contribution in [2.45, 2.75) is 51.4 Å². The van der Waals surface area contributed by atoms with Crippen LogP contribution in [0.4, 0.5) is 28.4 Å². The van der Waals surface area contributed by atoms with Crippen molar-refractivity contribution in [2.24, 2.45) is 20.5 Å². The van der Waals surface area contributed by atoms with Gasteiger partial charge in [0.15, 0.2) is 0 Å². The van der Waals surface area contributed by atoms with Crippen LogP contribution in [-0.2, 0) is 4.79 Å². The lowest BCUT2D eigenvalue weighted by molar-refractivity contribution is -0.113. The fraction of sp³-hybridized carbons (Fsp3) is 0.213. The predicted octanol–water partition coefficient (Wildman–Crippen LogP) is 15.6. The molecule has 0 radical (unpaired) electrons. The molecular weight excluding hydrogens is 969 g/mol. The minimum atomic E-state index is 0.0204. The van der Waals surface area contributed by atoms with E-state index in [4.69, 9.17) is 4.74 Å². The summed E-state index contributed by atoms with van der Waals surface area (Å²) in [6, 6.07) is 39.2. The second-order valence-corrected chi connectivity index (χ2v) is 17.0. The zero-order valence-corrected chi connectivity index (χ0v) is 37.2. The first-order chi connectivity index (χ1) is 28.3. The number of hydrogen-bond donors (Lipinski definition) is 1. The maximum Gasteiger partial charge on any atom is 0.258 e. The summed E-state index contributed by atoms with van der Waals surface area (Å²) in [5.41, 5.74) is 6.41. The SMILES string of the molecule is O=C1C(=Cc2cc(Br)c(O)c(Br)c2)c2cc(I)ccc2N1CCCCCCCCCCOc1ccc2ccccc2c1/N=N/c1ccc(/N=N/c2ccccc2)cc1.